The van der Waals surface area contributed by atoms with E-state index in [1.165, 1.54) is 0 Å². The van der Waals surface area contributed by atoms with Crippen LogP contribution in [0.3, 0.4) is 0 Å². The fourth-order valence-corrected chi connectivity index (χ4v) is 5.65. The Morgan fingerprint density at radius 2 is 2.05 bits per heavy atom. The molecule has 0 atom stereocenters. The Hall–Kier alpha value is -4.02. The summed E-state index contributed by atoms with van der Waals surface area (Å²) in [6.45, 7) is 1.33. The van der Waals surface area contributed by atoms with Gasteiger partial charge in [0.1, 0.15) is 12.4 Å². The number of H-pyrrole nitrogens is 1. The summed E-state index contributed by atoms with van der Waals surface area (Å²) in [4.78, 5) is 37.4. The van der Waals surface area contributed by atoms with Gasteiger partial charge in [0.25, 0.3) is 5.91 Å². The number of fused-ring (bicyclic) bond motifs is 1. The number of hydrogen-bond donors (Lipinski definition) is 3. The van der Waals surface area contributed by atoms with Gasteiger partial charge >= 0.3 is 0 Å². The lowest BCUT2D eigenvalue weighted by Crippen LogP contribution is -2.57. The second kappa shape index (κ2) is 12.5. The van der Waals surface area contributed by atoms with Crippen LogP contribution in [0.5, 0.6) is 11.5 Å². The molecule has 3 heterocycles. The van der Waals surface area contributed by atoms with Crippen LogP contribution in [0, 0.1) is 0 Å². The first-order valence-corrected chi connectivity index (χ1v) is 14.4. The largest absolute Gasteiger partial charge is 0.493 e. The molecule has 3 aromatic rings. The highest BCUT2D eigenvalue weighted by molar-refractivity contribution is 6.32. The number of carbonyl (C=O) groups is 2. The minimum absolute atomic E-state index is 0.0956. The van der Waals surface area contributed by atoms with E-state index in [0.717, 1.165) is 30.5 Å². The molecule has 1 aliphatic carbocycles. The summed E-state index contributed by atoms with van der Waals surface area (Å²) in [7, 11) is 7.19. The van der Waals surface area contributed by atoms with Gasteiger partial charge in [-0.1, -0.05) is 23.7 Å². The number of aromatic amines is 1. The zero-order chi connectivity index (χ0) is 29.9. The van der Waals surface area contributed by atoms with Crippen molar-refractivity contribution >= 4 is 34.8 Å². The zero-order valence-corrected chi connectivity index (χ0v) is 25.2. The number of carbonyl (C=O) groups excluding carboxylic acids is 2. The summed E-state index contributed by atoms with van der Waals surface area (Å²) in [6.07, 6.45) is 10.5. The molecule has 42 heavy (non-hydrogen) atoms. The van der Waals surface area contributed by atoms with E-state index in [2.05, 4.69) is 20.6 Å². The Morgan fingerprint density at radius 3 is 2.76 bits per heavy atom. The number of halogens is 1. The van der Waals surface area contributed by atoms with E-state index < -0.39 is 0 Å². The first kappa shape index (κ1) is 29.5. The van der Waals surface area contributed by atoms with Crippen LogP contribution in [0.15, 0.2) is 48.8 Å². The summed E-state index contributed by atoms with van der Waals surface area (Å²) in [5, 5.41) is 7.15. The summed E-state index contributed by atoms with van der Waals surface area (Å²) < 4.78 is 11.8. The second-order valence-electron chi connectivity index (χ2n) is 11.1. The van der Waals surface area contributed by atoms with Crippen LogP contribution >= 0.6 is 11.6 Å². The molecule has 11 heteroatoms. The molecule has 0 radical (unpaired) electrons. The standard InChI is InChI=1S/C31H37ClN6O4/c1-37(2)15-6-10-25(39)38(3)16-17-42-24-19-33-14-11-20(24)27-28(34-22-9-5-8-21(32)29(22)41-4)26-23(35-27)18-31(12-7-13-31)36-30(26)40/h5-6,8-11,14,19,34-35H,7,12-13,15-18H2,1-4H3,(H,36,40)/b10-6+. The van der Waals surface area contributed by atoms with Crippen molar-refractivity contribution in [2.75, 3.05) is 53.3 Å². The van der Waals surface area contributed by atoms with Crippen molar-refractivity contribution in [2.24, 2.45) is 0 Å². The number of anilines is 2. The van der Waals surface area contributed by atoms with Gasteiger partial charge in [0, 0.05) is 49.1 Å². The van der Waals surface area contributed by atoms with Gasteiger partial charge < -0.3 is 34.9 Å². The zero-order valence-electron chi connectivity index (χ0n) is 24.4. The summed E-state index contributed by atoms with van der Waals surface area (Å²) in [5.74, 6) is 0.785. The van der Waals surface area contributed by atoms with Crippen LogP contribution in [-0.2, 0) is 11.2 Å². The lowest BCUT2D eigenvalue weighted by molar-refractivity contribution is -0.125. The molecular weight excluding hydrogens is 556 g/mol. The van der Waals surface area contributed by atoms with Crippen molar-refractivity contribution in [3.8, 4) is 22.8 Å². The number of amides is 2. The average Bonchev–Trinajstić information content (AvgIpc) is 3.30. The topological polar surface area (TPSA) is 112 Å². The number of para-hydroxylation sites is 1. The molecule has 2 amide bonds. The van der Waals surface area contributed by atoms with Crippen molar-refractivity contribution < 1.29 is 19.1 Å². The summed E-state index contributed by atoms with van der Waals surface area (Å²) >= 11 is 6.42. The van der Waals surface area contributed by atoms with E-state index in [0.29, 0.717) is 58.7 Å². The molecule has 1 fully saturated rings. The quantitative estimate of drug-likeness (QED) is 0.278. The summed E-state index contributed by atoms with van der Waals surface area (Å²) in [6, 6.07) is 7.28. The molecule has 5 rings (SSSR count). The number of methoxy groups -OCH3 is 1. The molecule has 1 saturated carbocycles. The number of rotatable bonds is 11. The molecule has 1 spiro atoms. The monoisotopic (exact) mass is 592 g/mol. The van der Waals surface area contributed by atoms with E-state index in [9.17, 15) is 9.59 Å². The fraction of sp³-hybridized carbons (Fsp3) is 0.387. The minimum Gasteiger partial charge on any atom is -0.493 e. The van der Waals surface area contributed by atoms with Crippen LogP contribution in [0.1, 0.15) is 35.3 Å². The first-order valence-electron chi connectivity index (χ1n) is 14.0. The lowest BCUT2D eigenvalue weighted by Gasteiger charge is -2.45. The number of ether oxygens (including phenoxy) is 2. The molecule has 0 saturated heterocycles. The van der Waals surface area contributed by atoms with E-state index in [4.69, 9.17) is 21.1 Å². The van der Waals surface area contributed by atoms with Gasteiger partial charge in [-0.25, -0.2) is 0 Å². The van der Waals surface area contributed by atoms with Gasteiger partial charge in [0.15, 0.2) is 5.75 Å². The highest BCUT2D eigenvalue weighted by Crippen LogP contribution is 2.46. The molecule has 222 valence electrons. The van der Waals surface area contributed by atoms with Gasteiger partial charge in [-0.05, 0) is 51.6 Å². The van der Waals surface area contributed by atoms with E-state index >= 15 is 0 Å². The SMILES string of the molecule is COc1c(Cl)cccc1Nc1c(-c2ccncc2OCCN(C)C(=O)/C=C/CN(C)C)[nH]c2c1C(=O)NC1(CCC1)C2. The second-order valence-corrected chi connectivity index (χ2v) is 11.5. The van der Waals surface area contributed by atoms with E-state index in [1.54, 1.807) is 43.6 Å². The summed E-state index contributed by atoms with van der Waals surface area (Å²) in [5.41, 5.74) is 3.89. The Kier molecular flexibility index (Phi) is 8.74. The molecule has 0 bridgehead atoms. The molecule has 10 nitrogen and oxygen atoms in total. The van der Waals surface area contributed by atoms with Crippen molar-refractivity contribution in [1.82, 2.24) is 25.1 Å². The minimum atomic E-state index is -0.201. The predicted molar refractivity (Wildman–Crippen MR) is 164 cm³/mol. The third-order valence-electron chi connectivity index (χ3n) is 7.79. The van der Waals surface area contributed by atoms with E-state index in [-0.39, 0.29) is 24.0 Å². The lowest BCUT2D eigenvalue weighted by atomic mass is 9.71. The Balaban J connectivity index is 1.45. The number of likely N-dealkylation sites (N-methyl/N-ethyl adjacent to an activating group) is 2. The van der Waals surface area contributed by atoms with Gasteiger partial charge in [-0.3, -0.25) is 14.6 Å². The van der Waals surface area contributed by atoms with Crippen molar-refractivity contribution in [3.05, 3.63) is 65.1 Å². The van der Waals surface area contributed by atoms with Crippen LogP contribution in [0.25, 0.3) is 11.3 Å². The predicted octanol–water partition coefficient (Wildman–Crippen LogP) is 4.65. The Bertz CT molecular complexity index is 1500. The van der Waals surface area contributed by atoms with Crippen LogP contribution < -0.4 is 20.1 Å². The molecule has 1 aromatic carbocycles. The Labute approximate surface area is 251 Å². The number of hydrogen-bond acceptors (Lipinski definition) is 7. The normalized spacial score (nSPS) is 15.3. The Morgan fingerprint density at radius 1 is 1.24 bits per heavy atom. The number of nitrogens with one attached hydrogen (secondary N) is 3. The third kappa shape index (κ3) is 6.10. The number of benzene rings is 1. The molecule has 3 N–H and O–H groups in total. The molecule has 0 unspecified atom stereocenters. The van der Waals surface area contributed by atoms with Gasteiger partial charge in [-0.2, -0.15) is 0 Å². The average molecular weight is 593 g/mol. The van der Waals surface area contributed by atoms with Gasteiger partial charge in [-0.15, -0.1) is 0 Å². The van der Waals surface area contributed by atoms with Crippen molar-refractivity contribution in [2.45, 2.75) is 31.2 Å². The van der Waals surface area contributed by atoms with Crippen LogP contribution in [-0.4, -0.2) is 85.1 Å². The first-order chi connectivity index (χ1) is 20.2. The maximum atomic E-state index is 13.6. The van der Waals surface area contributed by atoms with Crippen LogP contribution in [0.4, 0.5) is 11.4 Å². The van der Waals surface area contributed by atoms with Crippen molar-refractivity contribution in [1.29, 1.82) is 0 Å². The highest BCUT2D eigenvalue weighted by Gasteiger charge is 2.45. The van der Waals surface area contributed by atoms with Gasteiger partial charge in [0.2, 0.25) is 5.91 Å². The maximum absolute atomic E-state index is 13.6. The third-order valence-corrected chi connectivity index (χ3v) is 8.08. The van der Waals surface area contributed by atoms with Crippen LogP contribution in [0.2, 0.25) is 5.02 Å². The maximum Gasteiger partial charge on any atom is 0.255 e. The molecular formula is C31H37ClN6O4. The van der Waals surface area contributed by atoms with E-state index in [1.807, 2.05) is 43.3 Å². The number of nitrogens with zero attached hydrogens (tertiary/aromatic N) is 3. The smallest absolute Gasteiger partial charge is 0.255 e. The number of aromatic nitrogens is 2. The fourth-order valence-electron chi connectivity index (χ4n) is 5.40. The highest BCUT2D eigenvalue weighted by atomic mass is 35.5. The van der Waals surface area contributed by atoms with Gasteiger partial charge in [0.05, 0.1) is 47.5 Å². The van der Waals surface area contributed by atoms with Crippen molar-refractivity contribution in [3.63, 3.8) is 0 Å². The molecule has 2 aromatic heterocycles. The number of pyridine rings is 1. The molecule has 1 aliphatic heterocycles. The molecule has 2 aliphatic rings.